The zero-order valence-corrected chi connectivity index (χ0v) is 22.6. The van der Waals surface area contributed by atoms with Gasteiger partial charge >= 0.3 is 0 Å². The van der Waals surface area contributed by atoms with E-state index in [9.17, 15) is 0 Å². The van der Waals surface area contributed by atoms with Crippen LogP contribution in [0.4, 0.5) is 11.5 Å². The van der Waals surface area contributed by atoms with Gasteiger partial charge in [-0.15, -0.1) is 12.4 Å². The molecule has 3 aromatic rings. The Morgan fingerprint density at radius 3 is 2.68 bits per heavy atom. The third-order valence-electron chi connectivity index (χ3n) is 8.79. The average molecular weight is 536 g/mol. The van der Waals surface area contributed by atoms with Crippen LogP contribution in [0.2, 0.25) is 0 Å². The summed E-state index contributed by atoms with van der Waals surface area (Å²) in [6.45, 7) is 8.37. The molecule has 0 aromatic carbocycles. The SMILES string of the molecule is C[C@@H]1OCC2(CCN(c3cnc4c(n3)CN=C4N3CC[C@H](C)c4nc(-c5ncc[nH]5)ccc43)CC2)[C@@H]1N.Cl. The Labute approximate surface area is 228 Å². The number of aromatic amines is 1. The Morgan fingerprint density at radius 1 is 1.11 bits per heavy atom. The lowest BCUT2D eigenvalue weighted by atomic mass is 9.73. The number of nitrogens with zero attached hydrogens (tertiary/aromatic N) is 7. The van der Waals surface area contributed by atoms with Crippen molar-refractivity contribution in [3.05, 3.63) is 47.8 Å². The average Bonchev–Trinajstić information content (AvgIpc) is 3.67. The van der Waals surface area contributed by atoms with Crippen LogP contribution in [0.5, 0.6) is 0 Å². The molecule has 0 aliphatic carbocycles. The number of H-pyrrole nitrogens is 1. The normalized spacial score (nSPS) is 25.7. The first-order valence-electron chi connectivity index (χ1n) is 13.3. The Bertz CT molecular complexity index is 1350. The molecule has 4 aliphatic heterocycles. The predicted molar refractivity (Wildman–Crippen MR) is 149 cm³/mol. The van der Waals surface area contributed by atoms with E-state index >= 15 is 0 Å². The maximum atomic E-state index is 6.51. The molecule has 0 bridgehead atoms. The summed E-state index contributed by atoms with van der Waals surface area (Å²) < 4.78 is 5.89. The molecule has 0 saturated carbocycles. The van der Waals surface area contributed by atoms with Crippen LogP contribution in [0.15, 0.2) is 35.7 Å². The number of imidazole rings is 1. The van der Waals surface area contributed by atoms with Crippen LogP contribution >= 0.6 is 12.4 Å². The smallest absolute Gasteiger partial charge is 0.156 e. The molecule has 0 unspecified atom stereocenters. The lowest BCUT2D eigenvalue weighted by molar-refractivity contribution is 0.0974. The molecule has 0 radical (unpaired) electrons. The second kappa shape index (κ2) is 9.59. The molecular weight excluding hydrogens is 502 g/mol. The van der Waals surface area contributed by atoms with Gasteiger partial charge in [0.25, 0.3) is 0 Å². The first-order valence-corrected chi connectivity index (χ1v) is 13.3. The second-order valence-electron chi connectivity index (χ2n) is 10.9. The molecule has 3 N–H and O–H groups in total. The molecule has 38 heavy (non-hydrogen) atoms. The maximum Gasteiger partial charge on any atom is 0.156 e. The summed E-state index contributed by atoms with van der Waals surface area (Å²) in [5, 5.41) is 0. The highest BCUT2D eigenvalue weighted by molar-refractivity contribution is 6.11. The molecule has 10 nitrogen and oxygen atoms in total. The van der Waals surface area contributed by atoms with Gasteiger partial charge in [0.1, 0.15) is 17.2 Å². The van der Waals surface area contributed by atoms with Gasteiger partial charge < -0.3 is 25.3 Å². The van der Waals surface area contributed by atoms with E-state index in [2.05, 4.69) is 39.7 Å². The molecular formula is C27H34ClN9O. The monoisotopic (exact) mass is 535 g/mol. The number of fused-ring (bicyclic) bond motifs is 2. The van der Waals surface area contributed by atoms with Gasteiger partial charge in [0, 0.05) is 49.4 Å². The van der Waals surface area contributed by atoms with Crippen LogP contribution in [-0.2, 0) is 11.3 Å². The number of nitrogens with two attached hydrogens (primary N) is 1. The van der Waals surface area contributed by atoms with Gasteiger partial charge in [0.15, 0.2) is 11.7 Å². The maximum absolute atomic E-state index is 6.51. The fraction of sp³-hybridized carbons (Fsp3) is 0.519. The van der Waals surface area contributed by atoms with Crippen molar-refractivity contribution in [1.82, 2.24) is 24.9 Å². The van der Waals surface area contributed by atoms with Crippen molar-refractivity contribution >= 4 is 29.7 Å². The van der Waals surface area contributed by atoms with Gasteiger partial charge in [-0.05, 0) is 38.3 Å². The largest absolute Gasteiger partial charge is 0.376 e. The number of piperidine rings is 1. The molecule has 7 heterocycles. The van der Waals surface area contributed by atoms with E-state index in [1.54, 1.807) is 6.20 Å². The minimum atomic E-state index is 0. The Morgan fingerprint density at radius 2 is 1.95 bits per heavy atom. The second-order valence-corrected chi connectivity index (χ2v) is 10.9. The van der Waals surface area contributed by atoms with Crippen molar-refractivity contribution in [1.29, 1.82) is 0 Å². The first-order chi connectivity index (χ1) is 18.0. The molecule has 11 heteroatoms. The summed E-state index contributed by atoms with van der Waals surface area (Å²) in [6.07, 6.45) is 8.67. The minimum Gasteiger partial charge on any atom is -0.376 e. The first kappa shape index (κ1) is 25.2. The molecule has 200 valence electrons. The number of anilines is 2. The summed E-state index contributed by atoms with van der Waals surface area (Å²) in [5.74, 6) is 2.98. The number of halogens is 1. The van der Waals surface area contributed by atoms with Crippen LogP contribution < -0.4 is 15.5 Å². The summed E-state index contributed by atoms with van der Waals surface area (Å²) in [6, 6.07) is 4.27. The number of hydrogen-bond donors (Lipinski definition) is 2. The summed E-state index contributed by atoms with van der Waals surface area (Å²) in [7, 11) is 0. The summed E-state index contributed by atoms with van der Waals surface area (Å²) in [5.41, 5.74) is 11.5. The zero-order valence-electron chi connectivity index (χ0n) is 21.8. The molecule has 3 atom stereocenters. The number of amidine groups is 1. The molecule has 7 rings (SSSR count). The molecule has 3 aromatic heterocycles. The number of aromatic nitrogens is 5. The minimum absolute atomic E-state index is 0. The van der Waals surface area contributed by atoms with E-state index in [0.717, 1.165) is 91.4 Å². The fourth-order valence-corrected chi connectivity index (χ4v) is 6.35. The number of ether oxygens (including phenoxy) is 1. The van der Waals surface area contributed by atoms with Gasteiger partial charge in [0.2, 0.25) is 0 Å². The number of hydrogen-bond acceptors (Lipinski definition) is 9. The van der Waals surface area contributed by atoms with Gasteiger partial charge in [-0.25, -0.2) is 19.9 Å². The number of nitrogens with one attached hydrogen (secondary N) is 1. The molecule has 4 aliphatic rings. The Kier molecular flexibility index (Phi) is 6.36. The molecule has 2 saturated heterocycles. The topological polar surface area (TPSA) is 121 Å². The highest BCUT2D eigenvalue weighted by Gasteiger charge is 2.47. The Balaban J connectivity index is 0.00000264. The van der Waals surface area contributed by atoms with E-state index in [1.165, 1.54) is 0 Å². The van der Waals surface area contributed by atoms with Crippen molar-refractivity contribution in [2.45, 2.75) is 57.7 Å². The van der Waals surface area contributed by atoms with E-state index in [4.69, 9.17) is 30.4 Å². The lowest BCUT2D eigenvalue weighted by Crippen LogP contribution is -2.50. The van der Waals surface area contributed by atoms with Crippen molar-refractivity contribution in [3.63, 3.8) is 0 Å². The van der Waals surface area contributed by atoms with Crippen molar-refractivity contribution < 1.29 is 4.74 Å². The van der Waals surface area contributed by atoms with Crippen LogP contribution in [0.3, 0.4) is 0 Å². The number of aliphatic imine (C=N–C) groups is 1. The quantitative estimate of drug-likeness (QED) is 0.512. The van der Waals surface area contributed by atoms with Crippen molar-refractivity contribution in [2.75, 3.05) is 36.0 Å². The van der Waals surface area contributed by atoms with E-state index < -0.39 is 0 Å². The Hall–Kier alpha value is -3.08. The summed E-state index contributed by atoms with van der Waals surface area (Å²) >= 11 is 0. The van der Waals surface area contributed by atoms with E-state index in [1.807, 2.05) is 18.5 Å². The predicted octanol–water partition coefficient (Wildman–Crippen LogP) is 3.29. The van der Waals surface area contributed by atoms with Crippen LogP contribution in [0.1, 0.15) is 56.1 Å². The van der Waals surface area contributed by atoms with E-state index in [-0.39, 0.29) is 30.0 Å². The van der Waals surface area contributed by atoms with Crippen LogP contribution in [-0.4, -0.2) is 69.1 Å². The van der Waals surface area contributed by atoms with Crippen molar-refractivity contribution in [3.8, 4) is 11.5 Å². The van der Waals surface area contributed by atoms with E-state index in [0.29, 0.717) is 12.5 Å². The highest BCUT2D eigenvalue weighted by Crippen LogP contribution is 2.42. The fourth-order valence-electron chi connectivity index (χ4n) is 6.35. The van der Waals surface area contributed by atoms with Gasteiger partial charge in [-0.3, -0.25) is 4.99 Å². The lowest BCUT2D eigenvalue weighted by Gasteiger charge is -2.41. The third kappa shape index (κ3) is 3.97. The van der Waals surface area contributed by atoms with Gasteiger partial charge in [0.05, 0.1) is 42.5 Å². The number of rotatable bonds is 2. The van der Waals surface area contributed by atoms with Gasteiger partial charge in [-0.2, -0.15) is 0 Å². The third-order valence-corrected chi connectivity index (χ3v) is 8.79. The zero-order chi connectivity index (χ0) is 25.1. The van der Waals surface area contributed by atoms with Crippen molar-refractivity contribution in [2.24, 2.45) is 16.1 Å². The summed E-state index contributed by atoms with van der Waals surface area (Å²) in [4.78, 5) is 31.9. The molecule has 0 amide bonds. The van der Waals surface area contributed by atoms with Gasteiger partial charge in [-0.1, -0.05) is 6.92 Å². The molecule has 1 spiro atoms. The van der Waals surface area contributed by atoms with Crippen LogP contribution in [0, 0.1) is 5.41 Å². The highest BCUT2D eigenvalue weighted by atomic mass is 35.5. The number of pyridine rings is 1. The molecule has 2 fully saturated rings. The van der Waals surface area contributed by atoms with Crippen LogP contribution in [0.25, 0.3) is 11.5 Å². The standard InChI is InChI=1S/C27H33N9O.ClH/c1-16-5-10-36(20-4-3-18(34-22(16)20)25-29-8-9-30-25)26-23-19(13-32-26)33-21(14-31-23)35-11-6-27(7-12-35)15-37-17(2)24(27)28;/h3-4,8-9,14,16-17,24H,5-7,10-13,15,28H2,1-2H3,(H,29,30);1H/t16-,17-,24+;/m0./s1.